The Morgan fingerprint density at radius 2 is 2.21 bits per heavy atom. The number of aromatic hydroxyl groups is 1. The first-order chi connectivity index (χ1) is 6.69. The Morgan fingerprint density at radius 3 is 2.79 bits per heavy atom. The Balaban J connectivity index is 3.09. The molecule has 0 spiro atoms. The monoisotopic (exact) mass is 191 g/mol. The fourth-order valence-electron chi connectivity index (χ4n) is 1.55. The summed E-state index contributed by atoms with van der Waals surface area (Å²) in [5.41, 5.74) is 8.99. The summed E-state index contributed by atoms with van der Waals surface area (Å²) in [6.45, 7) is 4.66. The molecule has 3 N–H and O–H groups in total. The van der Waals surface area contributed by atoms with Crippen LogP contribution in [0.3, 0.4) is 0 Å². The van der Waals surface area contributed by atoms with Gasteiger partial charge in [-0.1, -0.05) is 12.1 Å². The molecule has 2 nitrogen and oxygen atoms in total. The molecular formula is C12H17NO. The van der Waals surface area contributed by atoms with Crippen LogP contribution in [0.1, 0.15) is 24.5 Å². The van der Waals surface area contributed by atoms with Gasteiger partial charge in [0.2, 0.25) is 0 Å². The minimum Gasteiger partial charge on any atom is -0.508 e. The number of phenols is 1. The Kier molecular flexibility index (Phi) is 3.72. The lowest BCUT2D eigenvalue weighted by molar-refractivity contribution is 0.475. The minimum atomic E-state index is 0.307. The maximum atomic E-state index is 9.39. The number of hydrogen-bond acceptors (Lipinski definition) is 2. The van der Waals surface area contributed by atoms with E-state index in [1.54, 1.807) is 12.1 Å². The Labute approximate surface area is 85.1 Å². The molecule has 0 radical (unpaired) electrons. The van der Waals surface area contributed by atoms with Gasteiger partial charge in [0.05, 0.1) is 0 Å². The summed E-state index contributed by atoms with van der Waals surface area (Å²) in [7, 11) is 0. The van der Waals surface area contributed by atoms with Crippen molar-refractivity contribution in [1.82, 2.24) is 0 Å². The standard InChI is InChI=1S/C12H17NO/c1-3-10(6-7-13)12-8-11(14)5-4-9(12)2/h3-5,8,14H,6-7,13H2,1-2H3/b10-3-. The molecule has 1 rings (SSSR count). The third kappa shape index (κ3) is 2.36. The maximum absolute atomic E-state index is 9.39. The van der Waals surface area contributed by atoms with Gasteiger partial charge < -0.3 is 10.8 Å². The molecular weight excluding hydrogens is 174 g/mol. The van der Waals surface area contributed by atoms with Crippen LogP contribution in [0.2, 0.25) is 0 Å². The quantitative estimate of drug-likeness (QED) is 0.771. The van der Waals surface area contributed by atoms with Gasteiger partial charge in [0.1, 0.15) is 5.75 Å². The van der Waals surface area contributed by atoms with Gasteiger partial charge in [-0.05, 0) is 55.6 Å². The molecule has 0 heterocycles. The van der Waals surface area contributed by atoms with E-state index in [0.29, 0.717) is 12.3 Å². The Hall–Kier alpha value is -1.28. The van der Waals surface area contributed by atoms with Crippen LogP contribution in [-0.4, -0.2) is 11.7 Å². The van der Waals surface area contributed by atoms with E-state index in [9.17, 15) is 5.11 Å². The average molecular weight is 191 g/mol. The van der Waals surface area contributed by atoms with Crippen LogP contribution in [0.4, 0.5) is 0 Å². The van der Waals surface area contributed by atoms with E-state index in [2.05, 4.69) is 6.08 Å². The van der Waals surface area contributed by atoms with Crippen LogP contribution in [-0.2, 0) is 0 Å². The molecule has 0 aliphatic rings. The molecule has 1 aromatic carbocycles. The molecule has 0 aliphatic heterocycles. The van der Waals surface area contributed by atoms with Crippen molar-refractivity contribution in [3.05, 3.63) is 35.4 Å². The molecule has 2 heteroatoms. The lowest BCUT2D eigenvalue weighted by Crippen LogP contribution is -2.00. The van der Waals surface area contributed by atoms with Gasteiger partial charge in [0, 0.05) is 0 Å². The number of benzene rings is 1. The van der Waals surface area contributed by atoms with Gasteiger partial charge in [0.15, 0.2) is 0 Å². The molecule has 0 unspecified atom stereocenters. The lowest BCUT2D eigenvalue weighted by Gasteiger charge is -2.09. The van der Waals surface area contributed by atoms with Crippen molar-refractivity contribution < 1.29 is 5.11 Å². The molecule has 1 aromatic rings. The van der Waals surface area contributed by atoms with E-state index in [1.807, 2.05) is 19.9 Å². The number of phenolic OH excluding ortho intramolecular Hbond substituents is 1. The summed E-state index contributed by atoms with van der Waals surface area (Å²) < 4.78 is 0. The molecule has 0 fully saturated rings. The lowest BCUT2D eigenvalue weighted by atomic mass is 9.98. The molecule has 0 amide bonds. The van der Waals surface area contributed by atoms with Crippen molar-refractivity contribution in [3.63, 3.8) is 0 Å². The van der Waals surface area contributed by atoms with E-state index in [1.165, 1.54) is 11.1 Å². The van der Waals surface area contributed by atoms with E-state index in [-0.39, 0.29) is 0 Å². The predicted octanol–water partition coefficient (Wildman–Crippen LogP) is 2.45. The second kappa shape index (κ2) is 4.82. The first-order valence-electron chi connectivity index (χ1n) is 4.84. The highest BCUT2D eigenvalue weighted by atomic mass is 16.3. The van der Waals surface area contributed by atoms with Crippen molar-refractivity contribution >= 4 is 5.57 Å². The molecule has 0 saturated heterocycles. The maximum Gasteiger partial charge on any atom is 0.116 e. The minimum absolute atomic E-state index is 0.307. The van der Waals surface area contributed by atoms with Gasteiger partial charge in [-0.15, -0.1) is 0 Å². The first-order valence-corrected chi connectivity index (χ1v) is 4.84. The topological polar surface area (TPSA) is 46.2 Å². The Bertz CT molecular complexity index is 342. The number of nitrogens with two attached hydrogens (primary N) is 1. The van der Waals surface area contributed by atoms with Crippen LogP contribution in [0.25, 0.3) is 5.57 Å². The molecule has 0 aliphatic carbocycles. The van der Waals surface area contributed by atoms with E-state index in [4.69, 9.17) is 5.73 Å². The van der Waals surface area contributed by atoms with Crippen LogP contribution in [0.5, 0.6) is 5.75 Å². The van der Waals surface area contributed by atoms with Gasteiger partial charge in [-0.2, -0.15) is 0 Å². The molecule has 0 saturated carbocycles. The first kappa shape index (κ1) is 10.8. The van der Waals surface area contributed by atoms with Crippen LogP contribution >= 0.6 is 0 Å². The fourth-order valence-corrected chi connectivity index (χ4v) is 1.55. The third-order valence-corrected chi connectivity index (χ3v) is 2.33. The summed E-state index contributed by atoms with van der Waals surface area (Å²) in [6, 6.07) is 5.42. The van der Waals surface area contributed by atoms with Crippen molar-refractivity contribution in [2.24, 2.45) is 5.73 Å². The summed E-state index contributed by atoms with van der Waals surface area (Å²) >= 11 is 0. The van der Waals surface area contributed by atoms with Gasteiger partial charge in [-0.25, -0.2) is 0 Å². The van der Waals surface area contributed by atoms with Crippen LogP contribution < -0.4 is 5.73 Å². The van der Waals surface area contributed by atoms with Crippen LogP contribution in [0.15, 0.2) is 24.3 Å². The summed E-state index contributed by atoms with van der Waals surface area (Å²) in [4.78, 5) is 0. The zero-order valence-electron chi connectivity index (χ0n) is 8.75. The summed E-state index contributed by atoms with van der Waals surface area (Å²) in [5.74, 6) is 0.307. The number of rotatable bonds is 3. The van der Waals surface area contributed by atoms with Gasteiger partial charge in [0.25, 0.3) is 0 Å². The summed E-state index contributed by atoms with van der Waals surface area (Å²) in [5, 5.41) is 9.39. The fraction of sp³-hybridized carbons (Fsp3) is 0.333. The van der Waals surface area contributed by atoms with Gasteiger partial charge >= 0.3 is 0 Å². The highest BCUT2D eigenvalue weighted by Crippen LogP contribution is 2.25. The SMILES string of the molecule is C/C=C(/CCN)c1cc(O)ccc1C. The highest BCUT2D eigenvalue weighted by Gasteiger charge is 2.04. The van der Waals surface area contributed by atoms with Crippen molar-refractivity contribution in [3.8, 4) is 5.75 Å². The molecule has 14 heavy (non-hydrogen) atoms. The predicted molar refractivity (Wildman–Crippen MR) is 60.2 cm³/mol. The zero-order valence-corrected chi connectivity index (χ0v) is 8.75. The zero-order chi connectivity index (χ0) is 10.6. The number of hydrogen-bond donors (Lipinski definition) is 2. The number of aryl methyl sites for hydroxylation is 1. The van der Waals surface area contributed by atoms with Gasteiger partial charge in [-0.3, -0.25) is 0 Å². The molecule has 0 aromatic heterocycles. The van der Waals surface area contributed by atoms with E-state index < -0.39 is 0 Å². The summed E-state index contributed by atoms with van der Waals surface area (Å²) in [6.07, 6.45) is 2.90. The van der Waals surface area contributed by atoms with Crippen molar-refractivity contribution in [1.29, 1.82) is 0 Å². The largest absolute Gasteiger partial charge is 0.508 e. The van der Waals surface area contributed by atoms with Crippen molar-refractivity contribution in [2.45, 2.75) is 20.3 Å². The molecule has 0 bridgehead atoms. The average Bonchev–Trinajstić information content (AvgIpc) is 2.18. The Morgan fingerprint density at radius 1 is 1.50 bits per heavy atom. The third-order valence-electron chi connectivity index (χ3n) is 2.33. The second-order valence-corrected chi connectivity index (χ2v) is 3.35. The van der Waals surface area contributed by atoms with Crippen LogP contribution in [0, 0.1) is 6.92 Å². The van der Waals surface area contributed by atoms with E-state index >= 15 is 0 Å². The molecule has 0 atom stereocenters. The van der Waals surface area contributed by atoms with E-state index in [0.717, 1.165) is 12.0 Å². The normalized spacial score (nSPS) is 11.8. The highest BCUT2D eigenvalue weighted by molar-refractivity contribution is 5.69. The molecule has 76 valence electrons. The second-order valence-electron chi connectivity index (χ2n) is 3.35. The number of allylic oxidation sites excluding steroid dienone is 1. The smallest absolute Gasteiger partial charge is 0.116 e. The van der Waals surface area contributed by atoms with Crippen molar-refractivity contribution in [2.75, 3.05) is 6.54 Å².